The van der Waals surface area contributed by atoms with Gasteiger partial charge < -0.3 is 4.42 Å². The van der Waals surface area contributed by atoms with Crippen molar-refractivity contribution in [3.63, 3.8) is 0 Å². The van der Waals surface area contributed by atoms with Crippen LogP contribution in [0.25, 0.3) is 40.9 Å². The van der Waals surface area contributed by atoms with Crippen LogP contribution in [0.4, 0.5) is 0 Å². The van der Waals surface area contributed by atoms with Crippen molar-refractivity contribution in [3.05, 3.63) is 63.5 Å². The van der Waals surface area contributed by atoms with Gasteiger partial charge >= 0.3 is 0 Å². The number of aryl methyl sites for hydroxylation is 4. The fraction of sp³-hybridized carbons (Fsp3) is 0.296. The summed E-state index contributed by atoms with van der Waals surface area (Å²) in [6.07, 6.45) is 12.2. The van der Waals surface area contributed by atoms with Crippen molar-refractivity contribution in [2.24, 2.45) is 0 Å². The Morgan fingerprint density at radius 1 is 0.576 bits per heavy atom. The minimum Gasteiger partial charge on any atom is -0.434 e. The number of oxazole rings is 1. The Balaban J connectivity index is 1.14. The average molecular weight is 506 g/mol. The van der Waals surface area contributed by atoms with Crippen LogP contribution in [-0.2, 0) is 25.7 Å². The van der Waals surface area contributed by atoms with Gasteiger partial charge in [-0.2, -0.15) is 0 Å². The molecule has 7 rings (SSSR count). The molecule has 0 atom stereocenters. The van der Waals surface area contributed by atoms with E-state index in [9.17, 15) is 0 Å². The highest BCUT2D eigenvalue weighted by atomic mass is 32.1. The van der Waals surface area contributed by atoms with E-state index in [4.69, 9.17) is 4.42 Å². The minimum absolute atomic E-state index is 0.726. The summed E-state index contributed by atoms with van der Waals surface area (Å²) in [5, 5.41) is 0. The van der Waals surface area contributed by atoms with Crippen LogP contribution in [0.2, 0.25) is 0 Å². The third-order valence-corrected chi connectivity index (χ3v) is 11.7. The van der Waals surface area contributed by atoms with Crippen molar-refractivity contribution in [2.75, 3.05) is 0 Å². The highest BCUT2D eigenvalue weighted by Crippen LogP contribution is 2.43. The maximum absolute atomic E-state index is 6.23. The molecule has 33 heavy (non-hydrogen) atoms. The molecule has 0 radical (unpaired) electrons. The molecule has 5 aromatic rings. The van der Waals surface area contributed by atoms with Crippen LogP contribution in [0, 0.1) is 0 Å². The van der Waals surface area contributed by atoms with Gasteiger partial charge in [0.1, 0.15) is 0 Å². The van der Waals surface area contributed by atoms with Gasteiger partial charge in [0.15, 0.2) is 5.76 Å². The van der Waals surface area contributed by atoms with Crippen LogP contribution in [0.15, 0.2) is 47.0 Å². The van der Waals surface area contributed by atoms with Crippen molar-refractivity contribution in [1.29, 1.82) is 0 Å². The van der Waals surface area contributed by atoms with E-state index in [-0.39, 0.29) is 0 Å². The summed E-state index contributed by atoms with van der Waals surface area (Å²) in [6, 6.07) is 13.6. The van der Waals surface area contributed by atoms with Gasteiger partial charge in [0, 0.05) is 29.3 Å². The zero-order valence-corrected chi connectivity index (χ0v) is 21.5. The largest absolute Gasteiger partial charge is 0.434 e. The number of fused-ring (bicyclic) bond motifs is 2. The summed E-state index contributed by atoms with van der Waals surface area (Å²) in [4.78, 5) is 15.5. The summed E-state index contributed by atoms with van der Waals surface area (Å²) in [5.74, 6) is 1.59. The molecule has 0 spiro atoms. The smallest absolute Gasteiger partial charge is 0.236 e. The van der Waals surface area contributed by atoms with Gasteiger partial charge in [0.05, 0.1) is 16.0 Å². The number of rotatable bonds is 4. The molecule has 0 saturated heterocycles. The summed E-state index contributed by atoms with van der Waals surface area (Å²) >= 11 is 7.55. The van der Waals surface area contributed by atoms with Crippen molar-refractivity contribution >= 4 is 45.3 Å². The number of aromatic nitrogens is 1. The second-order valence-corrected chi connectivity index (χ2v) is 13.3. The summed E-state index contributed by atoms with van der Waals surface area (Å²) < 4.78 is 6.23. The zero-order chi connectivity index (χ0) is 21.8. The Morgan fingerprint density at radius 2 is 1.12 bits per heavy atom. The molecular weight excluding hydrogens is 483 g/mol. The van der Waals surface area contributed by atoms with Crippen LogP contribution >= 0.6 is 45.3 Å². The van der Waals surface area contributed by atoms with E-state index in [0.29, 0.717) is 0 Å². The molecular formula is C27H23NOS4. The normalized spacial score (nSPS) is 15.5. The molecule has 0 N–H and O–H groups in total. The lowest BCUT2D eigenvalue weighted by Gasteiger charge is -2.08. The maximum atomic E-state index is 6.23. The van der Waals surface area contributed by atoms with E-state index in [1.807, 2.05) is 40.2 Å². The van der Waals surface area contributed by atoms with E-state index in [1.54, 1.807) is 32.2 Å². The van der Waals surface area contributed by atoms with E-state index < -0.39 is 0 Å². The number of hydrogen-bond acceptors (Lipinski definition) is 6. The molecule has 0 bridgehead atoms. The highest BCUT2D eigenvalue weighted by Gasteiger charge is 2.19. The first-order valence-electron chi connectivity index (χ1n) is 11.7. The molecule has 0 aliphatic heterocycles. The highest BCUT2D eigenvalue weighted by molar-refractivity contribution is 7.24. The molecule has 2 aliphatic rings. The molecule has 0 fully saturated rings. The molecule has 2 aliphatic carbocycles. The van der Waals surface area contributed by atoms with Crippen molar-refractivity contribution < 1.29 is 4.42 Å². The van der Waals surface area contributed by atoms with Gasteiger partial charge in [0.2, 0.25) is 5.89 Å². The molecule has 0 aromatic carbocycles. The molecule has 166 valence electrons. The van der Waals surface area contributed by atoms with E-state index in [0.717, 1.165) is 21.4 Å². The quantitative estimate of drug-likeness (QED) is 0.243. The molecule has 0 amide bonds. The maximum Gasteiger partial charge on any atom is 0.236 e. The Hall–Kier alpha value is -1.99. The first kappa shape index (κ1) is 20.4. The Kier molecular flexibility index (Phi) is 5.16. The average Bonchev–Trinajstić information content (AvgIpc) is 3.66. The number of thiophene rings is 4. The van der Waals surface area contributed by atoms with Gasteiger partial charge in [0.25, 0.3) is 0 Å². The molecule has 2 nitrogen and oxygen atoms in total. The predicted octanol–water partition coefficient (Wildman–Crippen LogP) is 9.35. The van der Waals surface area contributed by atoms with Gasteiger partial charge in [-0.25, -0.2) is 4.98 Å². The second-order valence-electron chi connectivity index (χ2n) is 8.89. The standard InChI is InChI=1S/C27H23NOS4/c1-3-7-19-16(5-1)13-25(30-19)22-10-9-21(32-22)18-15-28-27(29-18)24-12-11-23(33-24)26-14-17-6-2-4-8-20(17)31-26/h9-15H,1-8H2. The number of hydrogen-bond donors (Lipinski definition) is 0. The third kappa shape index (κ3) is 3.77. The summed E-state index contributed by atoms with van der Waals surface area (Å²) in [6.45, 7) is 0. The lowest BCUT2D eigenvalue weighted by atomic mass is 9.99. The van der Waals surface area contributed by atoms with Crippen molar-refractivity contribution in [1.82, 2.24) is 4.98 Å². The van der Waals surface area contributed by atoms with Crippen LogP contribution in [-0.4, -0.2) is 4.98 Å². The topological polar surface area (TPSA) is 26.0 Å². The van der Waals surface area contributed by atoms with Crippen LogP contribution in [0.5, 0.6) is 0 Å². The monoisotopic (exact) mass is 505 g/mol. The van der Waals surface area contributed by atoms with Crippen LogP contribution < -0.4 is 0 Å². The van der Waals surface area contributed by atoms with Gasteiger partial charge in [-0.3, -0.25) is 0 Å². The molecule has 6 heteroatoms. The van der Waals surface area contributed by atoms with Gasteiger partial charge in [-0.05, 0) is 98.9 Å². The van der Waals surface area contributed by atoms with Crippen LogP contribution in [0.3, 0.4) is 0 Å². The van der Waals surface area contributed by atoms with Gasteiger partial charge in [-0.15, -0.1) is 45.3 Å². The third-order valence-electron chi connectivity index (χ3n) is 6.65. The first-order chi connectivity index (χ1) is 16.3. The molecule has 0 saturated carbocycles. The Morgan fingerprint density at radius 3 is 1.76 bits per heavy atom. The van der Waals surface area contributed by atoms with Gasteiger partial charge in [-0.1, -0.05) is 0 Å². The number of nitrogens with zero attached hydrogens (tertiary/aromatic N) is 1. The molecule has 0 unspecified atom stereocenters. The first-order valence-corrected chi connectivity index (χ1v) is 15.0. The predicted molar refractivity (Wildman–Crippen MR) is 143 cm³/mol. The fourth-order valence-electron chi connectivity index (χ4n) is 4.91. The lowest BCUT2D eigenvalue weighted by molar-refractivity contribution is 0.592. The van der Waals surface area contributed by atoms with E-state index >= 15 is 0 Å². The Labute approximate surface area is 209 Å². The summed E-state index contributed by atoms with van der Waals surface area (Å²) in [5.41, 5.74) is 3.13. The van der Waals surface area contributed by atoms with Crippen molar-refractivity contribution in [2.45, 2.75) is 51.4 Å². The summed E-state index contributed by atoms with van der Waals surface area (Å²) in [7, 11) is 0. The molecule has 5 heterocycles. The zero-order valence-electron chi connectivity index (χ0n) is 18.2. The fourth-order valence-corrected chi connectivity index (χ4v) is 9.48. The van der Waals surface area contributed by atoms with Crippen molar-refractivity contribution in [3.8, 4) is 40.9 Å². The second kappa shape index (κ2) is 8.35. The SMILES string of the molecule is c1nc(-c2ccc(-c3cc4c(s3)CCCC4)s2)oc1-c1ccc(-c2cc3c(s2)CCCC3)s1. The van der Waals surface area contributed by atoms with E-state index in [1.165, 1.54) is 70.9 Å². The minimum atomic E-state index is 0.726. The lowest BCUT2D eigenvalue weighted by Crippen LogP contribution is -1.96. The van der Waals surface area contributed by atoms with E-state index in [2.05, 4.69) is 41.4 Å². The van der Waals surface area contributed by atoms with Crippen LogP contribution in [0.1, 0.15) is 46.6 Å². The molecule has 5 aromatic heterocycles. The Bertz CT molecular complexity index is 1290.